The topological polar surface area (TPSA) is 35.5 Å². The van der Waals surface area contributed by atoms with Crippen molar-refractivity contribution in [2.24, 2.45) is 0 Å². The molecular weight excluding hydrogens is 285 g/mol. The lowest BCUT2D eigenvalue weighted by Crippen LogP contribution is -2.66. The molecule has 0 radical (unpaired) electrons. The van der Waals surface area contributed by atoms with Gasteiger partial charge in [0.15, 0.2) is 0 Å². The molecule has 1 aromatic carbocycles. The number of carbonyl (C=O) groups is 1. The predicted molar refractivity (Wildman–Crippen MR) is 78.9 cm³/mol. The maximum Gasteiger partial charge on any atom is 0.387 e. The van der Waals surface area contributed by atoms with E-state index >= 15 is 0 Å². The molecule has 1 fully saturated rings. The Labute approximate surface area is 105 Å². The molecule has 0 bridgehead atoms. The van der Waals surface area contributed by atoms with Crippen molar-refractivity contribution in [2.45, 2.75) is 6.92 Å². The summed E-state index contributed by atoms with van der Waals surface area (Å²) >= 11 is 0. The number of carbonyl (C=O) groups excluding carboxylic acids is 1. The van der Waals surface area contributed by atoms with Crippen LogP contribution in [0.5, 0.6) is 0 Å². The molecule has 1 aliphatic rings. The van der Waals surface area contributed by atoms with E-state index in [1.54, 1.807) is 0 Å². The second kappa shape index (κ2) is 5.38. The highest BCUT2D eigenvalue weighted by Gasteiger charge is 2.43. The number of hydrogen-bond donors (Lipinski definition) is 0. The highest BCUT2D eigenvalue weighted by molar-refractivity contribution is 7.62. The lowest BCUT2D eigenvalue weighted by molar-refractivity contribution is -0.133. The average Bonchev–Trinajstić information content (AvgIpc) is 2.30. The van der Waals surface area contributed by atoms with Crippen LogP contribution in [-0.4, -0.2) is 49.0 Å². The van der Waals surface area contributed by atoms with Gasteiger partial charge in [0.25, 0.3) is 5.97 Å². The Morgan fingerprint density at radius 1 is 1.31 bits per heavy atom. The molecule has 0 N–H and O–H groups in total. The van der Waals surface area contributed by atoms with Crippen LogP contribution in [0.3, 0.4) is 0 Å². The molecule has 1 unspecified atom stereocenters. The fraction of sp³-hybridized carbons (Fsp3) is 0.125. The molecule has 0 spiro atoms. The zero-order valence-corrected chi connectivity index (χ0v) is 16.1. The van der Waals surface area contributed by atoms with E-state index in [0.29, 0.717) is 0 Å². The molecule has 86 valence electrons. The first kappa shape index (κ1) is 12.2. The zero-order chi connectivity index (χ0) is 11.4. The Kier molecular flexibility index (Phi) is 4.10. The van der Waals surface area contributed by atoms with E-state index in [9.17, 15) is 4.79 Å². The Morgan fingerprint density at radius 2 is 2.06 bits per heavy atom. The third-order valence-electron chi connectivity index (χ3n) is 2.76. The quantitative estimate of drug-likeness (QED) is 0.539. The lowest BCUT2D eigenvalue weighted by atomic mass is 10.4. The van der Waals surface area contributed by atoms with Gasteiger partial charge in [-0.1, -0.05) is 30.3 Å². The van der Waals surface area contributed by atoms with E-state index in [4.69, 9.17) is 8.54 Å². The molecule has 3 nitrogen and oxygen atoms in total. The molecule has 1 saturated heterocycles. The van der Waals surface area contributed by atoms with Crippen LogP contribution >= 0.6 is 0 Å². The first-order valence-electron chi connectivity index (χ1n) is 5.62. The van der Waals surface area contributed by atoms with Crippen molar-refractivity contribution in [1.29, 1.82) is 0 Å². The van der Waals surface area contributed by atoms with Crippen molar-refractivity contribution in [2.75, 3.05) is 0 Å². The zero-order valence-electron chi connectivity index (χ0n) is 9.44. The van der Waals surface area contributed by atoms with Crippen molar-refractivity contribution in [3.05, 3.63) is 30.3 Å². The Balaban J connectivity index is 2.29. The number of benzene rings is 1. The van der Waals surface area contributed by atoms with Gasteiger partial charge in [-0.3, -0.25) is 4.79 Å². The molecule has 0 aromatic heterocycles. The maximum absolute atomic E-state index is 11.3. The van der Waals surface area contributed by atoms with Gasteiger partial charge >= 0.3 is 8.08 Å². The van der Waals surface area contributed by atoms with Crippen LogP contribution in [0.1, 0.15) is 6.92 Å². The molecule has 8 heteroatoms. The van der Waals surface area contributed by atoms with Crippen LogP contribution in [0.25, 0.3) is 0 Å². The third kappa shape index (κ3) is 2.70. The van der Waals surface area contributed by atoms with Gasteiger partial charge in [0.2, 0.25) is 0 Å². The summed E-state index contributed by atoms with van der Waals surface area (Å²) in [5.41, 5.74) is 0. The van der Waals surface area contributed by atoms with Crippen LogP contribution < -0.4 is 5.19 Å². The Morgan fingerprint density at radius 3 is 2.62 bits per heavy atom. The monoisotopic (exact) mass is 300 g/mol. The van der Waals surface area contributed by atoms with Gasteiger partial charge in [-0.05, 0) is 0 Å². The van der Waals surface area contributed by atoms with Crippen LogP contribution in [0.2, 0.25) is 0 Å². The summed E-state index contributed by atoms with van der Waals surface area (Å²) < 4.78 is 11.9. The fourth-order valence-corrected chi connectivity index (χ4v) is 87.4. The van der Waals surface area contributed by atoms with Crippen LogP contribution in [0.15, 0.2) is 30.3 Å². The van der Waals surface area contributed by atoms with E-state index in [2.05, 4.69) is 12.1 Å². The standard InChI is InChI=1S/C8H16O3Si5/c1-7(9)10-16(11-12-13-14-15-16)8-5-3-2-4-6-8/h2-6H,12-15H2,1H3. The van der Waals surface area contributed by atoms with Crippen LogP contribution in [0, 0.1) is 0 Å². The van der Waals surface area contributed by atoms with Crippen molar-refractivity contribution in [3.8, 4) is 0 Å². The minimum Gasteiger partial charge on any atom is -0.495 e. The van der Waals surface area contributed by atoms with Crippen LogP contribution in [-0.2, 0) is 13.3 Å². The van der Waals surface area contributed by atoms with Gasteiger partial charge in [-0.2, -0.15) is 0 Å². The van der Waals surface area contributed by atoms with E-state index in [1.165, 1.54) is 12.1 Å². The molecule has 1 atom stereocenters. The summed E-state index contributed by atoms with van der Waals surface area (Å²) in [7, 11) is -2.18. The smallest absolute Gasteiger partial charge is 0.387 e. The largest absolute Gasteiger partial charge is 0.495 e. The van der Waals surface area contributed by atoms with Gasteiger partial charge in [-0.25, -0.2) is 0 Å². The highest BCUT2D eigenvalue weighted by atomic mass is 29.9. The Hall–Kier alpha value is -0.266. The van der Waals surface area contributed by atoms with Crippen molar-refractivity contribution in [1.82, 2.24) is 0 Å². The summed E-state index contributed by atoms with van der Waals surface area (Å²) in [5, 5.41) is 1.21. The van der Waals surface area contributed by atoms with E-state index in [-0.39, 0.29) is 40.9 Å². The summed E-state index contributed by atoms with van der Waals surface area (Å²) in [6.45, 7) is 1.52. The SMILES string of the molecule is CC(=O)O[Si]1(c2ccccc2)O[SiH2][SiH2][SiH2][SiH2]1. The molecule has 0 amide bonds. The number of hydrogen-bond acceptors (Lipinski definition) is 3. The lowest BCUT2D eigenvalue weighted by Gasteiger charge is -2.33. The first-order valence-corrected chi connectivity index (χ1v) is 22.3. The average molecular weight is 301 g/mol. The summed E-state index contributed by atoms with van der Waals surface area (Å²) in [4.78, 5) is 11.3. The molecule has 1 aromatic rings. The third-order valence-corrected chi connectivity index (χ3v) is 59.1. The van der Waals surface area contributed by atoms with Crippen LogP contribution in [0.4, 0.5) is 0 Å². The number of rotatable bonds is 2. The Bertz CT molecular complexity index is 365. The minimum absolute atomic E-state index is 0.144. The normalized spacial score (nSPS) is 31.1. The van der Waals surface area contributed by atoms with Gasteiger partial charge in [-0.15, -0.1) is 0 Å². The van der Waals surface area contributed by atoms with E-state index in [0.717, 1.165) is 0 Å². The molecule has 0 aliphatic carbocycles. The van der Waals surface area contributed by atoms with E-state index in [1.807, 2.05) is 18.2 Å². The van der Waals surface area contributed by atoms with Crippen molar-refractivity contribution >= 4 is 54.2 Å². The molecule has 1 heterocycles. The summed E-state index contributed by atoms with van der Waals surface area (Å²) in [6.07, 6.45) is 0. The molecule has 1 aliphatic heterocycles. The highest BCUT2D eigenvalue weighted by Crippen LogP contribution is 2.08. The molecular formula is C8H16O3Si5. The fourth-order valence-electron chi connectivity index (χ4n) is 2.06. The van der Waals surface area contributed by atoms with Crippen molar-refractivity contribution < 1.29 is 13.3 Å². The summed E-state index contributed by atoms with van der Waals surface area (Å²) in [5.74, 6) is -0.144. The van der Waals surface area contributed by atoms with Crippen molar-refractivity contribution in [3.63, 3.8) is 0 Å². The second-order valence-corrected chi connectivity index (χ2v) is 36.8. The predicted octanol–water partition coefficient (Wildman–Crippen LogP) is -3.24. The van der Waals surface area contributed by atoms with E-state index < -0.39 is 8.08 Å². The minimum atomic E-state index is -2.17. The maximum atomic E-state index is 11.3. The van der Waals surface area contributed by atoms with Gasteiger partial charge < -0.3 is 8.54 Å². The van der Waals surface area contributed by atoms with Gasteiger partial charge in [0.05, 0.1) is 8.55 Å². The second-order valence-electron chi connectivity index (χ2n) is 4.02. The molecule has 16 heavy (non-hydrogen) atoms. The summed E-state index contributed by atoms with van der Waals surface area (Å²) in [6, 6.07) is 10.3. The first-order chi connectivity index (χ1) is 7.73. The van der Waals surface area contributed by atoms with Gasteiger partial charge in [0, 0.05) is 29.2 Å². The molecule has 0 saturated carbocycles. The molecule has 2 rings (SSSR count). The van der Waals surface area contributed by atoms with Gasteiger partial charge in [0.1, 0.15) is 9.28 Å².